The van der Waals surface area contributed by atoms with Crippen LogP contribution < -0.4 is 11.1 Å². The highest BCUT2D eigenvalue weighted by molar-refractivity contribution is 6.04. The second-order valence-electron chi connectivity index (χ2n) is 6.78. The molecule has 1 amide bonds. The Balaban J connectivity index is 1.65. The van der Waals surface area contributed by atoms with Gasteiger partial charge in [0.2, 0.25) is 0 Å². The first-order valence-corrected chi connectivity index (χ1v) is 9.12. The lowest BCUT2D eigenvalue weighted by atomic mass is 10.1. The molecule has 9 nitrogen and oxygen atoms in total. The number of carbonyl (C=O) groups excluding carboxylic acids is 1. The molecule has 2 N–H and O–H groups in total. The summed E-state index contributed by atoms with van der Waals surface area (Å²) in [4.78, 5) is 35.2. The molecule has 0 aliphatic heterocycles. The zero-order valence-electron chi connectivity index (χ0n) is 16.2. The summed E-state index contributed by atoms with van der Waals surface area (Å²) in [7, 11) is 0. The highest BCUT2D eigenvalue weighted by Crippen LogP contribution is 2.25. The van der Waals surface area contributed by atoms with Crippen molar-refractivity contribution in [2.24, 2.45) is 5.10 Å². The van der Waals surface area contributed by atoms with Crippen molar-refractivity contribution in [2.75, 3.05) is 0 Å². The van der Waals surface area contributed by atoms with Crippen LogP contribution in [0.25, 0.3) is 21.7 Å². The van der Waals surface area contributed by atoms with Gasteiger partial charge in [0.25, 0.3) is 11.6 Å². The standard InChI is InChI=1S/C22H15N3O6/c1-12(17-10-15-8-16(25(29)30)6-7-20(15)31-22(17)28)23-24-21(27)18-9-13-4-2-3-5-14(13)11-19(18)26/h2-11,26H,1H3,(H,24,27). The lowest BCUT2D eigenvalue weighted by Crippen LogP contribution is -2.21. The topological polar surface area (TPSA) is 135 Å². The van der Waals surface area contributed by atoms with Gasteiger partial charge >= 0.3 is 5.63 Å². The summed E-state index contributed by atoms with van der Waals surface area (Å²) in [6, 6.07) is 15.5. The Morgan fingerprint density at radius 2 is 1.71 bits per heavy atom. The molecule has 0 spiro atoms. The van der Waals surface area contributed by atoms with E-state index >= 15 is 0 Å². The SMILES string of the molecule is CC(=NNC(=O)c1cc2ccccc2cc1O)c1cc2cc([N+](=O)[O-])ccc2oc1=O. The van der Waals surface area contributed by atoms with Crippen LogP contribution in [0.2, 0.25) is 0 Å². The van der Waals surface area contributed by atoms with E-state index in [1.54, 1.807) is 6.07 Å². The van der Waals surface area contributed by atoms with Gasteiger partial charge in [-0.2, -0.15) is 5.10 Å². The maximum absolute atomic E-state index is 12.5. The van der Waals surface area contributed by atoms with Gasteiger partial charge < -0.3 is 9.52 Å². The molecule has 154 valence electrons. The molecule has 0 saturated carbocycles. The van der Waals surface area contributed by atoms with Crippen LogP contribution in [-0.2, 0) is 0 Å². The number of fused-ring (bicyclic) bond motifs is 2. The zero-order chi connectivity index (χ0) is 22.1. The minimum absolute atomic E-state index is 0.0245. The summed E-state index contributed by atoms with van der Waals surface area (Å²) in [5.74, 6) is -0.870. The van der Waals surface area contributed by atoms with E-state index in [-0.39, 0.29) is 33.9 Å². The van der Waals surface area contributed by atoms with E-state index in [0.717, 1.165) is 10.8 Å². The molecule has 0 fully saturated rings. The van der Waals surface area contributed by atoms with Crippen LogP contribution in [0.15, 0.2) is 75.0 Å². The summed E-state index contributed by atoms with van der Waals surface area (Å²) in [5, 5.41) is 27.0. The van der Waals surface area contributed by atoms with Crippen LogP contribution in [0.3, 0.4) is 0 Å². The second-order valence-corrected chi connectivity index (χ2v) is 6.78. The monoisotopic (exact) mass is 417 g/mol. The molecule has 0 aliphatic rings. The molecule has 4 rings (SSSR count). The fourth-order valence-corrected chi connectivity index (χ4v) is 3.14. The molecule has 1 heterocycles. The number of carbonyl (C=O) groups is 1. The Kier molecular flexibility index (Phi) is 4.92. The molecule has 0 saturated heterocycles. The molecule has 1 aromatic heterocycles. The van der Waals surface area contributed by atoms with Crippen molar-refractivity contribution < 1.29 is 19.2 Å². The number of nitrogens with one attached hydrogen (secondary N) is 1. The second kappa shape index (κ2) is 7.71. The number of hydrogen-bond acceptors (Lipinski definition) is 7. The first-order chi connectivity index (χ1) is 14.8. The van der Waals surface area contributed by atoms with E-state index in [1.807, 2.05) is 18.2 Å². The van der Waals surface area contributed by atoms with Crippen LogP contribution in [0.4, 0.5) is 5.69 Å². The lowest BCUT2D eigenvalue weighted by molar-refractivity contribution is -0.384. The molecule has 0 atom stereocenters. The maximum atomic E-state index is 12.5. The number of nitrogens with zero attached hydrogens (tertiary/aromatic N) is 2. The van der Waals surface area contributed by atoms with Gasteiger partial charge in [0.05, 0.1) is 21.8 Å². The average Bonchev–Trinajstić information content (AvgIpc) is 2.75. The predicted octanol–water partition coefficient (Wildman–Crippen LogP) is 3.71. The summed E-state index contributed by atoms with van der Waals surface area (Å²) in [6.07, 6.45) is 0. The third kappa shape index (κ3) is 3.84. The summed E-state index contributed by atoms with van der Waals surface area (Å²) in [6.45, 7) is 1.48. The fourth-order valence-electron chi connectivity index (χ4n) is 3.14. The Bertz CT molecular complexity index is 1460. The quantitative estimate of drug-likeness (QED) is 0.225. The molecule has 0 unspecified atom stereocenters. The summed E-state index contributed by atoms with van der Waals surface area (Å²) >= 11 is 0. The molecule has 3 aromatic carbocycles. The van der Waals surface area contributed by atoms with Gasteiger partial charge in [-0.1, -0.05) is 24.3 Å². The number of non-ortho nitro benzene ring substituents is 1. The molecule has 4 aromatic rings. The maximum Gasteiger partial charge on any atom is 0.345 e. The van der Waals surface area contributed by atoms with E-state index in [4.69, 9.17) is 4.42 Å². The minimum atomic E-state index is -0.703. The van der Waals surface area contributed by atoms with Crippen LogP contribution in [-0.4, -0.2) is 21.6 Å². The van der Waals surface area contributed by atoms with Gasteiger partial charge in [-0.25, -0.2) is 10.2 Å². The zero-order valence-corrected chi connectivity index (χ0v) is 16.2. The van der Waals surface area contributed by atoms with Crippen molar-refractivity contribution in [1.29, 1.82) is 0 Å². The number of hydrogen-bond donors (Lipinski definition) is 2. The number of nitro benzene ring substituents is 1. The number of benzene rings is 3. The number of rotatable bonds is 4. The number of nitro groups is 1. The van der Waals surface area contributed by atoms with Gasteiger partial charge in [-0.05, 0) is 42.0 Å². The summed E-state index contributed by atoms with van der Waals surface area (Å²) < 4.78 is 5.20. The molecular weight excluding hydrogens is 402 g/mol. The van der Waals surface area contributed by atoms with Crippen LogP contribution in [0, 0.1) is 10.1 Å². The van der Waals surface area contributed by atoms with Crippen molar-refractivity contribution >= 4 is 39.0 Å². The van der Waals surface area contributed by atoms with Gasteiger partial charge in [0.1, 0.15) is 11.3 Å². The Morgan fingerprint density at radius 3 is 2.42 bits per heavy atom. The van der Waals surface area contributed by atoms with Crippen molar-refractivity contribution in [3.05, 3.63) is 92.3 Å². The lowest BCUT2D eigenvalue weighted by Gasteiger charge is -2.07. The van der Waals surface area contributed by atoms with Crippen molar-refractivity contribution in [3.8, 4) is 5.75 Å². The van der Waals surface area contributed by atoms with Gasteiger partial charge in [0, 0.05) is 17.5 Å². The molecule has 0 aliphatic carbocycles. The molecule has 0 bridgehead atoms. The van der Waals surface area contributed by atoms with E-state index in [9.17, 15) is 24.8 Å². The van der Waals surface area contributed by atoms with Gasteiger partial charge in [-0.15, -0.1) is 0 Å². The number of hydrazone groups is 1. The van der Waals surface area contributed by atoms with Crippen molar-refractivity contribution in [3.63, 3.8) is 0 Å². The van der Waals surface area contributed by atoms with E-state index < -0.39 is 16.5 Å². The predicted molar refractivity (Wildman–Crippen MR) is 114 cm³/mol. The van der Waals surface area contributed by atoms with Crippen molar-refractivity contribution in [2.45, 2.75) is 6.92 Å². The minimum Gasteiger partial charge on any atom is -0.507 e. The number of aromatic hydroxyl groups is 1. The third-order valence-corrected chi connectivity index (χ3v) is 4.75. The molecular formula is C22H15N3O6. The van der Waals surface area contributed by atoms with Crippen molar-refractivity contribution in [1.82, 2.24) is 5.43 Å². The third-order valence-electron chi connectivity index (χ3n) is 4.75. The van der Waals surface area contributed by atoms with Crippen LogP contribution in [0.1, 0.15) is 22.8 Å². The van der Waals surface area contributed by atoms with E-state index in [2.05, 4.69) is 10.5 Å². The Morgan fingerprint density at radius 1 is 1.03 bits per heavy atom. The highest BCUT2D eigenvalue weighted by atomic mass is 16.6. The van der Waals surface area contributed by atoms with E-state index in [1.165, 1.54) is 43.3 Å². The first kappa shape index (κ1) is 19.8. The first-order valence-electron chi connectivity index (χ1n) is 9.12. The molecule has 0 radical (unpaired) electrons. The van der Waals surface area contributed by atoms with Crippen LogP contribution in [0.5, 0.6) is 5.75 Å². The van der Waals surface area contributed by atoms with Crippen LogP contribution >= 0.6 is 0 Å². The molecule has 31 heavy (non-hydrogen) atoms. The Labute approximate surface area is 174 Å². The number of phenols is 1. The van der Waals surface area contributed by atoms with Gasteiger partial charge in [-0.3, -0.25) is 14.9 Å². The number of phenolic OH excluding ortho intramolecular Hbond substituents is 1. The Hall–Kier alpha value is -4.53. The molecule has 9 heteroatoms. The smallest absolute Gasteiger partial charge is 0.345 e. The fraction of sp³-hybridized carbons (Fsp3) is 0.0455. The van der Waals surface area contributed by atoms with E-state index in [0.29, 0.717) is 5.39 Å². The normalized spacial score (nSPS) is 11.6. The number of amides is 1. The van der Waals surface area contributed by atoms with Gasteiger partial charge in [0.15, 0.2) is 0 Å². The highest BCUT2D eigenvalue weighted by Gasteiger charge is 2.15. The largest absolute Gasteiger partial charge is 0.507 e. The summed E-state index contributed by atoms with van der Waals surface area (Å²) in [5.41, 5.74) is 1.84. The average molecular weight is 417 g/mol.